The Morgan fingerprint density at radius 2 is 1.81 bits per heavy atom. The van der Waals surface area contributed by atoms with Crippen molar-refractivity contribution < 1.29 is 17.2 Å². The van der Waals surface area contributed by atoms with Crippen molar-refractivity contribution in [3.63, 3.8) is 0 Å². The molecular weight excluding hydrogens is 422 g/mol. The maximum absolute atomic E-state index is 15.0. The Hall–Kier alpha value is -3.17. The smallest absolute Gasteiger partial charge is 0.240 e. The summed E-state index contributed by atoms with van der Waals surface area (Å²) in [6, 6.07) is 11.5. The highest BCUT2D eigenvalue weighted by atomic mass is 32.2. The van der Waals surface area contributed by atoms with Crippen LogP contribution in [0.4, 0.5) is 8.78 Å². The van der Waals surface area contributed by atoms with Crippen LogP contribution in [0, 0.1) is 17.6 Å². The van der Waals surface area contributed by atoms with Gasteiger partial charge in [-0.25, -0.2) is 31.9 Å². The second-order valence-corrected chi connectivity index (χ2v) is 9.38. The van der Waals surface area contributed by atoms with Gasteiger partial charge in [-0.05, 0) is 72.9 Å². The van der Waals surface area contributed by atoms with E-state index in [-0.39, 0.29) is 16.3 Å². The van der Waals surface area contributed by atoms with Gasteiger partial charge in [0, 0.05) is 23.2 Å². The number of H-pyrrole nitrogens is 1. The number of rotatable bonds is 6. The number of benzene rings is 2. The van der Waals surface area contributed by atoms with E-state index in [4.69, 9.17) is 0 Å². The second-order valence-electron chi connectivity index (χ2n) is 7.61. The Bertz CT molecular complexity index is 1380. The van der Waals surface area contributed by atoms with Gasteiger partial charge in [0.05, 0.1) is 10.6 Å². The highest BCUT2D eigenvalue weighted by Crippen LogP contribution is 2.32. The van der Waals surface area contributed by atoms with E-state index >= 15 is 0 Å². The Kier molecular flexibility index (Phi) is 4.79. The van der Waals surface area contributed by atoms with Crippen LogP contribution in [0.15, 0.2) is 59.8 Å². The molecule has 1 aliphatic carbocycles. The van der Waals surface area contributed by atoms with E-state index in [9.17, 15) is 17.2 Å². The average Bonchev–Trinajstić information content (AvgIpc) is 3.49. The maximum Gasteiger partial charge on any atom is 0.240 e. The molecule has 9 heteroatoms. The van der Waals surface area contributed by atoms with Crippen molar-refractivity contribution in [2.75, 3.05) is 6.54 Å². The van der Waals surface area contributed by atoms with Gasteiger partial charge in [0.2, 0.25) is 10.0 Å². The zero-order chi connectivity index (χ0) is 21.6. The number of nitrogens with one attached hydrogen (secondary N) is 2. The number of halogens is 2. The predicted molar refractivity (Wildman–Crippen MR) is 113 cm³/mol. The standard InChI is InChI=1S/C22H18F2N4O2S/c23-15-5-3-14(4-6-15)20-10-18-21(25-12-26-22(18)28-20)17-8-7-16(9-19(17)24)31(29,30)27-11-13-1-2-13/h3-10,12-13,27H,1-2,11H2,(H,25,26,28). The monoisotopic (exact) mass is 440 g/mol. The molecule has 0 bridgehead atoms. The van der Waals surface area contributed by atoms with Gasteiger partial charge in [-0.2, -0.15) is 0 Å². The number of fused-ring (bicyclic) bond motifs is 1. The molecule has 6 nitrogen and oxygen atoms in total. The molecule has 158 valence electrons. The zero-order valence-electron chi connectivity index (χ0n) is 16.3. The Balaban J connectivity index is 1.52. The van der Waals surface area contributed by atoms with Crippen LogP contribution >= 0.6 is 0 Å². The van der Waals surface area contributed by atoms with Crippen LogP contribution in [0.1, 0.15) is 12.8 Å². The van der Waals surface area contributed by atoms with Crippen LogP contribution in [-0.2, 0) is 10.0 Å². The summed E-state index contributed by atoms with van der Waals surface area (Å²) in [5.74, 6) is -0.667. The first kappa shape index (κ1) is 19.8. The second kappa shape index (κ2) is 7.51. The fourth-order valence-corrected chi connectivity index (χ4v) is 4.55. The summed E-state index contributed by atoms with van der Waals surface area (Å²) in [7, 11) is -3.77. The summed E-state index contributed by atoms with van der Waals surface area (Å²) in [6.07, 6.45) is 3.33. The fraction of sp³-hybridized carbons (Fsp3) is 0.182. The molecule has 2 aromatic carbocycles. The number of aromatic amines is 1. The Labute approximate surface area is 177 Å². The fourth-order valence-electron chi connectivity index (χ4n) is 3.43. The number of nitrogens with zero attached hydrogens (tertiary/aromatic N) is 2. The van der Waals surface area contributed by atoms with Crippen molar-refractivity contribution in [3.8, 4) is 22.5 Å². The first-order valence-corrected chi connectivity index (χ1v) is 11.3. The molecule has 2 aromatic heterocycles. The molecular formula is C22H18F2N4O2S. The molecule has 4 aromatic rings. The molecule has 1 fully saturated rings. The normalized spacial score (nSPS) is 14.3. The Morgan fingerprint density at radius 3 is 2.52 bits per heavy atom. The molecule has 0 atom stereocenters. The minimum atomic E-state index is -3.77. The molecule has 0 amide bonds. The summed E-state index contributed by atoms with van der Waals surface area (Å²) >= 11 is 0. The van der Waals surface area contributed by atoms with Gasteiger partial charge in [-0.15, -0.1) is 0 Å². The highest BCUT2D eigenvalue weighted by Gasteiger charge is 2.25. The number of aromatic nitrogens is 3. The molecule has 0 radical (unpaired) electrons. The van der Waals surface area contributed by atoms with E-state index in [0.717, 1.165) is 24.5 Å². The molecule has 2 heterocycles. The van der Waals surface area contributed by atoms with Gasteiger partial charge in [0.25, 0.3) is 0 Å². The quantitative estimate of drug-likeness (QED) is 0.469. The van der Waals surface area contributed by atoms with Crippen LogP contribution in [-0.4, -0.2) is 29.9 Å². The molecule has 0 saturated heterocycles. The van der Waals surface area contributed by atoms with E-state index in [1.165, 1.54) is 30.6 Å². The van der Waals surface area contributed by atoms with Crippen LogP contribution in [0.25, 0.3) is 33.5 Å². The lowest BCUT2D eigenvalue weighted by Gasteiger charge is -2.09. The lowest BCUT2D eigenvalue weighted by molar-refractivity contribution is 0.574. The minimum absolute atomic E-state index is 0.124. The van der Waals surface area contributed by atoms with Gasteiger partial charge in [-0.3, -0.25) is 0 Å². The van der Waals surface area contributed by atoms with Crippen molar-refractivity contribution >= 4 is 21.1 Å². The van der Waals surface area contributed by atoms with Crippen molar-refractivity contribution in [1.29, 1.82) is 0 Å². The number of sulfonamides is 1. The minimum Gasteiger partial charge on any atom is -0.339 e. The van der Waals surface area contributed by atoms with Crippen molar-refractivity contribution in [3.05, 3.63) is 66.5 Å². The average molecular weight is 440 g/mol. The van der Waals surface area contributed by atoms with Crippen LogP contribution in [0.2, 0.25) is 0 Å². The summed E-state index contributed by atoms with van der Waals surface area (Å²) in [6.45, 7) is 0.369. The molecule has 1 saturated carbocycles. The van der Waals surface area contributed by atoms with E-state index in [2.05, 4.69) is 19.7 Å². The summed E-state index contributed by atoms with van der Waals surface area (Å²) in [5, 5.41) is 0.572. The number of hydrogen-bond donors (Lipinski definition) is 2. The van der Waals surface area contributed by atoms with E-state index in [0.29, 0.717) is 34.9 Å². The van der Waals surface area contributed by atoms with Crippen molar-refractivity contribution in [2.24, 2.45) is 5.92 Å². The predicted octanol–water partition coefficient (Wildman–Crippen LogP) is 4.26. The maximum atomic E-state index is 15.0. The van der Waals surface area contributed by atoms with E-state index < -0.39 is 15.8 Å². The van der Waals surface area contributed by atoms with Crippen LogP contribution in [0.5, 0.6) is 0 Å². The molecule has 1 aliphatic rings. The summed E-state index contributed by atoms with van der Waals surface area (Å²) < 4.78 is 55.6. The van der Waals surface area contributed by atoms with Crippen LogP contribution in [0.3, 0.4) is 0 Å². The summed E-state index contributed by atoms with van der Waals surface area (Å²) in [5.41, 5.74) is 2.42. The van der Waals surface area contributed by atoms with Crippen LogP contribution < -0.4 is 4.72 Å². The first-order valence-electron chi connectivity index (χ1n) is 9.80. The first-order chi connectivity index (χ1) is 14.9. The van der Waals surface area contributed by atoms with E-state index in [1.54, 1.807) is 18.2 Å². The molecule has 0 unspecified atom stereocenters. The molecule has 0 spiro atoms. The third kappa shape index (κ3) is 3.94. The van der Waals surface area contributed by atoms with Gasteiger partial charge in [-0.1, -0.05) is 0 Å². The SMILES string of the molecule is O=S(=O)(NCC1CC1)c1ccc(-c2ncnc3[nH]c(-c4ccc(F)cc4)cc23)c(F)c1. The summed E-state index contributed by atoms with van der Waals surface area (Å²) in [4.78, 5) is 11.4. The number of hydrogen-bond acceptors (Lipinski definition) is 4. The molecule has 2 N–H and O–H groups in total. The van der Waals surface area contributed by atoms with E-state index in [1.807, 2.05) is 0 Å². The lowest BCUT2D eigenvalue weighted by Crippen LogP contribution is -2.25. The third-order valence-electron chi connectivity index (χ3n) is 5.35. The van der Waals surface area contributed by atoms with Crippen molar-refractivity contribution in [2.45, 2.75) is 17.7 Å². The lowest BCUT2D eigenvalue weighted by atomic mass is 10.1. The topological polar surface area (TPSA) is 87.7 Å². The molecule has 31 heavy (non-hydrogen) atoms. The van der Waals surface area contributed by atoms with Gasteiger partial charge < -0.3 is 4.98 Å². The highest BCUT2D eigenvalue weighted by molar-refractivity contribution is 7.89. The third-order valence-corrected chi connectivity index (χ3v) is 6.77. The molecule has 0 aliphatic heterocycles. The Morgan fingerprint density at radius 1 is 1.03 bits per heavy atom. The zero-order valence-corrected chi connectivity index (χ0v) is 17.1. The van der Waals surface area contributed by atoms with Gasteiger partial charge in [0.1, 0.15) is 23.6 Å². The van der Waals surface area contributed by atoms with Gasteiger partial charge in [0.15, 0.2) is 0 Å². The largest absolute Gasteiger partial charge is 0.339 e. The van der Waals surface area contributed by atoms with Gasteiger partial charge >= 0.3 is 0 Å². The van der Waals surface area contributed by atoms with Crippen molar-refractivity contribution in [1.82, 2.24) is 19.7 Å². The molecule has 5 rings (SSSR count).